The number of hydrogen-bond acceptors (Lipinski definition) is 7. The summed E-state index contributed by atoms with van der Waals surface area (Å²) in [6, 6.07) is 6.03. The summed E-state index contributed by atoms with van der Waals surface area (Å²) in [6.07, 6.45) is 0. The van der Waals surface area contributed by atoms with Gasteiger partial charge in [0.25, 0.3) is 0 Å². The molecule has 0 unspecified atom stereocenters. The van der Waals surface area contributed by atoms with E-state index in [1.54, 1.807) is 6.92 Å². The molecule has 0 spiro atoms. The first-order valence-corrected chi connectivity index (χ1v) is 7.96. The molecule has 0 aliphatic carbocycles. The second-order valence-electron chi connectivity index (χ2n) is 5.44. The van der Waals surface area contributed by atoms with Crippen LogP contribution < -0.4 is 5.32 Å². The van der Waals surface area contributed by atoms with Crippen molar-refractivity contribution in [3.05, 3.63) is 35.5 Å². The maximum atomic E-state index is 12.1. The van der Waals surface area contributed by atoms with Gasteiger partial charge in [-0.2, -0.15) is 4.98 Å². The van der Waals surface area contributed by atoms with Gasteiger partial charge >= 0.3 is 0 Å². The number of rotatable bonds is 5. The Morgan fingerprint density at radius 3 is 2.91 bits per heavy atom. The number of thiazole rings is 1. The van der Waals surface area contributed by atoms with Gasteiger partial charge in [-0.15, -0.1) is 0 Å². The lowest BCUT2D eigenvalue weighted by Crippen LogP contribution is -2.30. The molecule has 0 bridgehead atoms. The van der Waals surface area contributed by atoms with Crippen LogP contribution in [0.25, 0.3) is 10.2 Å². The van der Waals surface area contributed by atoms with Gasteiger partial charge in [0.15, 0.2) is 11.0 Å². The van der Waals surface area contributed by atoms with Crippen molar-refractivity contribution in [2.45, 2.75) is 20.4 Å². The smallest absolute Gasteiger partial charge is 0.240 e. The van der Waals surface area contributed by atoms with Gasteiger partial charge in [0.1, 0.15) is 0 Å². The van der Waals surface area contributed by atoms with Gasteiger partial charge in [-0.05, 0) is 31.7 Å². The van der Waals surface area contributed by atoms with Crippen LogP contribution in [-0.4, -0.2) is 39.5 Å². The normalized spacial score (nSPS) is 11.3. The Balaban J connectivity index is 1.59. The topological polar surface area (TPSA) is 84.2 Å². The van der Waals surface area contributed by atoms with Gasteiger partial charge in [-0.3, -0.25) is 9.69 Å². The second kappa shape index (κ2) is 6.43. The number of nitrogens with one attached hydrogen (secondary N) is 1. The maximum absolute atomic E-state index is 12.1. The van der Waals surface area contributed by atoms with Crippen molar-refractivity contribution in [2.75, 3.05) is 18.9 Å². The van der Waals surface area contributed by atoms with Crippen LogP contribution in [0.1, 0.15) is 17.3 Å². The average Bonchev–Trinajstić information content (AvgIpc) is 3.03. The highest BCUT2D eigenvalue weighted by Gasteiger charge is 2.12. The van der Waals surface area contributed by atoms with E-state index in [9.17, 15) is 4.79 Å². The SMILES string of the molecule is Cc1ccc2nc(NC(=O)CN(C)Cc3noc(C)n3)sc2c1. The van der Waals surface area contributed by atoms with E-state index in [0.29, 0.717) is 23.4 Å². The molecule has 120 valence electrons. The van der Waals surface area contributed by atoms with Crippen molar-refractivity contribution in [3.8, 4) is 0 Å². The van der Waals surface area contributed by atoms with Crippen LogP contribution in [0.2, 0.25) is 0 Å². The van der Waals surface area contributed by atoms with Crippen LogP contribution in [0.3, 0.4) is 0 Å². The number of carbonyl (C=O) groups is 1. The van der Waals surface area contributed by atoms with Gasteiger partial charge in [0, 0.05) is 6.92 Å². The largest absolute Gasteiger partial charge is 0.340 e. The molecule has 0 saturated heterocycles. The van der Waals surface area contributed by atoms with Crippen molar-refractivity contribution in [1.82, 2.24) is 20.0 Å². The number of carbonyl (C=O) groups excluding carboxylic acids is 1. The van der Waals surface area contributed by atoms with Crippen molar-refractivity contribution in [1.29, 1.82) is 0 Å². The first-order chi connectivity index (χ1) is 11.0. The molecule has 1 amide bonds. The van der Waals surface area contributed by atoms with Crippen LogP contribution in [-0.2, 0) is 11.3 Å². The Hall–Kier alpha value is -2.32. The van der Waals surface area contributed by atoms with Crippen LogP contribution in [0, 0.1) is 13.8 Å². The number of fused-ring (bicyclic) bond motifs is 1. The molecule has 0 fully saturated rings. The van der Waals surface area contributed by atoms with E-state index in [1.165, 1.54) is 16.9 Å². The highest BCUT2D eigenvalue weighted by molar-refractivity contribution is 7.22. The summed E-state index contributed by atoms with van der Waals surface area (Å²) in [5, 5.41) is 7.26. The minimum Gasteiger partial charge on any atom is -0.340 e. The zero-order chi connectivity index (χ0) is 16.4. The van der Waals surface area contributed by atoms with E-state index in [0.717, 1.165) is 10.2 Å². The maximum Gasteiger partial charge on any atom is 0.240 e. The van der Waals surface area contributed by atoms with Gasteiger partial charge < -0.3 is 9.84 Å². The predicted octanol–water partition coefficient (Wildman–Crippen LogP) is 2.37. The molecule has 0 radical (unpaired) electrons. The zero-order valence-corrected chi connectivity index (χ0v) is 14.0. The lowest BCUT2D eigenvalue weighted by molar-refractivity contribution is -0.117. The molecule has 0 atom stereocenters. The number of benzene rings is 1. The van der Waals surface area contributed by atoms with Crippen LogP contribution in [0.5, 0.6) is 0 Å². The first kappa shape index (κ1) is 15.6. The summed E-state index contributed by atoms with van der Waals surface area (Å²) in [7, 11) is 1.83. The lowest BCUT2D eigenvalue weighted by Gasteiger charge is -2.12. The molecular formula is C15H17N5O2S. The Kier molecular flexibility index (Phi) is 4.35. The lowest BCUT2D eigenvalue weighted by atomic mass is 10.2. The number of aromatic nitrogens is 3. The van der Waals surface area contributed by atoms with E-state index in [4.69, 9.17) is 4.52 Å². The molecule has 8 heteroatoms. The standard InChI is InChI=1S/C15H17N5O2S/c1-9-4-5-11-12(6-9)23-15(17-11)18-14(21)8-20(3)7-13-16-10(2)22-19-13/h4-6H,7-8H2,1-3H3,(H,17,18,21). The fourth-order valence-electron chi connectivity index (χ4n) is 2.19. The Morgan fingerprint density at radius 1 is 1.35 bits per heavy atom. The molecule has 2 aromatic heterocycles. The Bertz CT molecular complexity index is 841. The highest BCUT2D eigenvalue weighted by atomic mass is 32.1. The van der Waals surface area contributed by atoms with Crippen LogP contribution >= 0.6 is 11.3 Å². The van der Waals surface area contributed by atoms with Gasteiger partial charge in [-0.1, -0.05) is 22.6 Å². The third kappa shape index (κ3) is 3.91. The summed E-state index contributed by atoms with van der Waals surface area (Å²) >= 11 is 1.47. The van der Waals surface area contributed by atoms with E-state index in [-0.39, 0.29) is 12.5 Å². The highest BCUT2D eigenvalue weighted by Crippen LogP contribution is 2.26. The number of aryl methyl sites for hydroxylation is 2. The number of anilines is 1. The monoisotopic (exact) mass is 331 g/mol. The average molecular weight is 331 g/mol. The minimum atomic E-state index is -0.122. The fraction of sp³-hybridized carbons (Fsp3) is 0.333. The molecule has 3 aromatic rings. The molecule has 0 aliphatic heterocycles. The molecule has 3 rings (SSSR count). The van der Waals surface area contributed by atoms with Crippen LogP contribution in [0.15, 0.2) is 22.7 Å². The minimum absolute atomic E-state index is 0.122. The Morgan fingerprint density at radius 2 is 2.17 bits per heavy atom. The molecule has 7 nitrogen and oxygen atoms in total. The second-order valence-corrected chi connectivity index (χ2v) is 6.47. The van der Waals surface area contributed by atoms with Gasteiger partial charge in [0.05, 0.1) is 23.3 Å². The van der Waals surface area contributed by atoms with Crippen molar-refractivity contribution in [3.63, 3.8) is 0 Å². The van der Waals surface area contributed by atoms with Gasteiger partial charge in [-0.25, -0.2) is 4.98 Å². The molecule has 0 saturated carbocycles. The molecular weight excluding hydrogens is 314 g/mol. The molecule has 2 heterocycles. The number of hydrogen-bond donors (Lipinski definition) is 1. The van der Waals surface area contributed by atoms with Gasteiger partial charge in [0.2, 0.25) is 11.8 Å². The summed E-state index contributed by atoms with van der Waals surface area (Å²) in [4.78, 5) is 22.5. The third-order valence-electron chi connectivity index (χ3n) is 3.18. The summed E-state index contributed by atoms with van der Waals surface area (Å²) < 4.78 is 5.98. The zero-order valence-electron chi connectivity index (χ0n) is 13.2. The third-order valence-corrected chi connectivity index (χ3v) is 4.12. The van der Waals surface area contributed by atoms with Crippen molar-refractivity contribution < 1.29 is 9.32 Å². The predicted molar refractivity (Wildman–Crippen MR) is 88.4 cm³/mol. The number of amides is 1. The van der Waals surface area contributed by atoms with E-state index in [1.807, 2.05) is 31.0 Å². The fourth-order valence-corrected chi connectivity index (χ4v) is 3.17. The van der Waals surface area contributed by atoms with Crippen molar-refractivity contribution in [2.24, 2.45) is 0 Å². The summed E-state index contributed by atoms with van der Waals surface area (Å²) in [5.74, 6) is 0.958. The molecule has 0 aliphatic rings. The number of nitrogens with zero attached hydrogens (tertiary/aromatic N) is 4. The summed E-state index contributed by atoms with van der Waals surface area (Å²) in [5.41, 5.74) is 2.07. The van der Waals surface area contributed by atoms with Crippen molar-refractivity contribution >= 4 is 32.6 Å². The molecule has 1 aromatic carbocycles. The molecule has 1 N–H and O–H groups in total. The van der Waals surface area contributed by atoms with E-state index in [2.05, 4.69) is 26.5 Å². The first-order valence-electron chi connectivity index (χ1n) is 7.14. The Labute approximate surface area is 137 Å². The summed E-state index contributed by atoms with van der Waals surface area (Å²) in [6.45, 7) is 4.44. The van der Waals surface area contributed by atoms with E-state index >= 15 is 0 Å². The van der Waals surface area contributed by atoms with E-state index < -0.39 is 0 Å². The quantitative estimate of drug-likeness (QED) is 0.772. The van der Waals surface area contributed by atoms with Crippen LogP contribution in [0.4, 0.5) is 5.13 Å². The molecule has 23 heavy (non-hydrogen) atoms. The number of likely N-dealkylation sites (N-methyl/N-ethyl adjacent to an activating group) is 1.